The molecule has 2 aromatic carbocycles. The lowest BCUT2D eigenvalue weighted by Gasteiger charge is -2.19. The SMILES string of the molecule is COC(=O)C(Nc1ccccc1Br)c1ccc(Cl)c(Br)c1. The number of hydrogen-bond donors (Lipinski definition) is 1. The van der Waals surface area contributed by atoms with Crippen LogP contribution in [0.15, 0.2) is 51.4 Å². The van der Waals surface area contributed by atoms with Gasteiger partial charge in [0.2, 0.25) is 0 Å². The van der Waals surface area contributed by atoms with Crippen LogP contribution in [0.5, 0.6) is 0 Å². The lowest BCUT2D eigenvalue weighted by atomic mass is 10.1. The molecule has 3 nitrogen and oxygen atoms in total. The highest BCUT2D eigenvalue weighted by molar-refractivity contribution is 9.11. The Morgan fingerprint density at radius 2 is 1.90 bits per heavy atom. The Bertz CT molecular complexity index is 664. The largest absolute Gasteiger partial charge is 0.467 e. The Hall–Kier alpha value is -1.04. The molecule has 0 amide bonds. The summed E-state index contributed by atoms with van der Waals surface area (Å²) in [6, 6.07) is 12.3. The van der Waals surface area contributed by atoms with Crippen LogP contribution in [-0.2, 0) is 9.53 Å². The lowest BCUT2D eigenvalue weighted by Crippen LogP contribution is -2.22. The maximum Gasteiger partial charge on any atom is 0.332 e. The molecule has 6 heteroatoms. The monoisotopic (exact) mass is 431 g/mol. The first-order valence-electron chi connectivity index (χ1n) is 6.06. The van der Waals surface area contributed by atoms with Crippen molar-refractivity contribution in [3.63, 3.8) is 0 Å². The van der Waals surface area contributed by atoms with Gasteiger partial charge in [0.1, 0.15) is 0 Å². The summed E-state index contributed by atoms with van der Waals surface area (Å²) in [5.74, 6) is -0.375. The number of nitrogens with one attached hydrogen (secondary N) is 1. The molecule has 0 bridgehead atoms. The second-order valence-electron chi connectivity index (χ2n) is 4.25. The van der Waals surface area contributed by atoms with Gasteiger partial charge in [0.15, 0.2) is 6.04 Å². The van der Waals surface area contributed by atoms with Gasteiger partial charge in [-0.05, 0) is 61.7 Å². The Morgan fingerprint density at radius 3 is 2.52 bits per heavy atom. The van der Waals surface area contributed by atoms with Gasteiger partial charge in [-0.25, -0.2) is 4.79 Å². The molecule has 0 radical (unpaired) electrons. The van der Waals surface area contributed by atoms with Crippen LogP contribution in [-0.4, -0.2) is 13.1 Å². The third kappa shape index (κ3) is 3.99. The fourth-order valence-electron chi connectivity index (χ4n) is 1.82. The normalized spacial score (nSPS) is 11.8. The molecule has 21 heavy (non-hydrogen) atoms. The first-order valence-corrected chi connectivity index (χ1v) is 8.03. The van der Waals surface area contributed by atoms with E-state index >= 15 is 0 Å². The first-order chi connectivity index (χ1) is 10.0. The van der Waals surface area contributed by atoms with Crippen molar-refractivity contribution in [2.45, 2.75) is 6.04 Å². The molecule has 0 aliphatic heterocycles. The molecule has 0 saturated heterocycles. The van der Waals surface area contributed by atoms with Crippen LogP contribution in [0.1, 0.15) is 11.6 Å². The minimum atomic E-state index is -0.623. The van der Waals surface area contributed by atoms with Crippen LogP contribution in [0.2, 0.25) is 5.02 Å². The second-order valence-corrected chi connectivity index (χ2v) is 6.37. The van der Waals surface area contributed by atoms with Crippen molar-refractivity contribution in [1.29, 1.82) is 0 Å². The van der Waals surface area contributed by atoms with E-state index in [1.807, 2.05) is 24.3 Å². The molecule has 2 aromatic rings. The molecule has 0 aromatic heterocycles. The van der Waals surface area contributed by atoms with Crippen molar-refractivity contribution in [2.75, 3.05) is 12.4 Å². The van der Waals surface area contributed by atoms with Crippen molar-refractivity contribution in [1.82, 2.24) is 0 Å². The Morgan fingerprint density at radius 1 is 1.19 bits per heavy atom. The molecule has 1 unspecified atom stereocenters. The summed E-state index contributed by atoms with van der Waals surface area (Å²) in [4.78, 5) is 12.1. The summed E-state index contributed by atoms with van der Waals surface area (Å²) in [7, 11) is 1.36. The van der Waals surface area contributed by atoms with E-state index in [4.69, 9.17) is 16.3 Å². The highest BCUT2D eigenvalue weighted by Crippen LogP contribution is 2.30. The third-order valence-corrected chi connectivity index (χ3v) is 4.79. The molecule has 0 aliphatic rings. The molecular formula is C15H12Br2ClNO2. The fourth-order valence-corrected chi connectivity index (χ4v) is 2.74. The second kappa shape index (κ2) is 7.29. The van der Waals surface area contributed by atoms with Crippen LogP contribution >= 0.6 is 43.5 Å². The van der Waals surface area contributed by atoms with E-state index in [0.717, 1.165) is 20.2 Å². The van der Waals surface area contributed by atoms with Crippen molar-refractivity contribution >= 4 is 55.1 Å². The van der Waals surface area contributed by atoms with Gasteiger partial charge in [-0.3, -0.25) is 0 Å². The number of anilines is 1. The predicted octanol–water partition coefficient (Wildman–Crippen LogP) is 5.19. The van der Waals surface area contributed by atoms with E-state index in [-0.39, 0.29) is 5.97 Å². The number of halogens is 3. The van der Waals surface area contributed by atoms with Gasteiger partial charge < -0.3 is 10.1 Å². The van der Waals surface area contributed by atoms with E-state index < -0.39 is 6.04 Å². The highest BCUT2D eigenvalue weighted by atomic mass is 79.9. The number of hydrogen-bond acceptors (Lipinski definition) is 3. The predicted molar refractivity (Wildman–Crippen MR) is 91.7 cm³/mol. The molecule has 2 rings (SSSR count). The number of carbonyl (C=O) groups excluding carboxylic acids is 1. The van der Waals surface area contributed by atoms with Gasteiger partial charge >= 0.3 is 5.97 Å². The highest BCUT2D eigenvalue weighted by Gasteiger charge is 2.22. The van der Waals surface area contributed by atoms with Crippen molar-refractivity contribution in [3.05, 3.63) is 62.0 Å². The number of para-hydroxylation sites is 1. The van der Waals surface area contributed by atoms with Crippen molar-refractivity contribution < 1.29 is 9.53 Å². The van der Waals surface area contributed by atoms with Gasteiger partial charge in [-0.15, -0.1) is 0 Å². The topological polar surface area (TPSA) is 38.3 Å². The number of rotatable bonds is 4. The van der Waals surface area contributed by atoms with Crippen LogP contribution in [0.25, 0.3) is 0 Å². The van der Waals surface area contributed by atoms with Crippen LogP contribution in [0.3, 0.4) is 0 Å². The minimum Gasteiger partial charge on any atom is -0.467 e. The summed E-state index contributed by atoms with van der Waals surface area (Å²) >= 11 is 12.8. The summed E-state index contributed by atoms with van der Waals surface area (Å²) in [5, 5.41) is 3.76. The third-order valence-electron chi connectivity index (χ3n) is 2.89. The number of ether oxygens (including phenoxy) is 1. The standard InChI is InChI=1S/C15H12Br2ClNO2/c1-21-15(20)14(9-6-7-12(18)11(17)8-9)19-13-5-3-2-4-10(13)16/h2-8,14,19H,1H3. The molecule has 1 N–H and O–H groups in total. The van der Waals surface area contributed by atoms with E-state index in [1.54, 1.807) is 18.2 Å². The molecule has 0 heterocycles. The maximum atomic E-state index is 12.1. The van der Waals surface area contributed by atoms with Crippen molar-refractivity contribution in [2.24, 2.45) is 0 Å². The summed E-state index contributed by atoms with van der Waals surface area (Å²) in [5.41, 5.74) is 1.56. The molecule has 0 aliphatic carbocycles. The Balaban J connectivity index is 2.37. The average Bonchev–Trinajstić information content (AvgIpc) is 2.48. The van der Waals surface area contributed by atoms with Gasteiger partial charge in [-0.2, -0.15) is 0 Å². The van der Waals surface area contributed by atoms with Crippen molar-refractivity contribution in [3.8, 4) is 0 Å². The molecule has 0 spiro atoms. The van der Waals surface area contributed by atoms with E-state index in [2.05, 4.69) is 37.2 Å². The molecule has 0 saturated carbocycles. The summed E-state index contributed by atoms with van der Waals surface area (Å²) < 4.78 is 6.48. The van der Waals surface area contributed by atoms with E-state index in [1.165, 1.54) is 7.11 Å². The Kier molecular flexibility index (Phi) is 5.67. The molecule has 1 atom stereocenters. The number of methoxy groups -OCH3 is 1. The van der Waals surface area contributed by atoms with E-state index in [0.29, 0.717) is 5.02 Å². The summed E-state index contributed by atoms with van der Waals surface area (Å²) in [6.07, 6.45) is 0. The van der Waals surface area contributed by atoms with Crippen LogP contribution in [0, 0.1) is 0 Å². The van der Waals surface area contributed by atoms with Crippen LogP contribution in [0.4, 0.5) is 5.69 Å². The first kappa shape index (κ1) is 16.3. The molecule has 110 valence electrons. The van der Waals surface area contributed by atoms with Gasteiger partial charge in [0.05, 0.1) is 12.1 Å². The number of esters is 1. The minimum absolute atomic E-state index is 0.375. The number of benzene rings is 2. The molecular weight excluding hydrogens is 421 g/mol. The maximum absolute atomic E-state index is 12.1. The smallest absolute Gasteiger partial charge is 0.332 e. The van der Waals surface area contributed by atoms with Gasteiger partial charge in [0.25, 0.3) is 0 Å². The zero-order chi connectivity index (χ0) is 15.4. The quantitative estimate of drug-likeness (QED) is 0.675. The Labute approximate surface area is 144 Å². The van der Waals surface area contributed by atoms with Gasteiger partial charge in [0, 0.05) is 14.6 Å². The lowest BCUT2D eigenvalue weighted by molar-refractivity contribution is -0.141. The van der Waals surface area contributed by atoms with Gasteiger partial charge in [-0.1, -0.05) is 29.8 Å². The summed E-state index contributed by atoms with van der Waals surface area (Å²) in [6.45, 7) is 0. The number of carbonyl (C=O) groups is 1. The zero-order valence-electron chi connectivity index (χ0n) is 11.1. The molecule has 0 fully saturated rings. The average molecular weight is 434 g/mol. The zero-order valence-corrected chi connectivity index (χ0v) is 15.0. The van der Waals surface area contributed by atoms with E-state index in [9.17, 15) is 4.79 Å². The van der Waals surface area contributed by atoms with Crippen LogP contribution < -0.4 is 5.32 Å². The fraction of sp³-hybridized carbons (Fsp3) is 0.133.